The number of hydrogen-bond donors (Lipinski definition) is 1. The summed E-state index contributed by atoms with van der Waals surface area (Å²) in [5, 5.41) is 3.96. The molecular weight excluding hydrogens is 487 g/mol. The standard InChI is InChI=1S/C23H22Cl2N2O3S2/c1-17-15-19(25)9-12-22(17)27(32(29,30)21-5-3-2-4-6-21)16-23(28)26-13-14-31-20-10-7-18(24)8-11-20/h2-12,15H,13-14,16H2,1H3,(H,26,28). The number of nitrogens with one attached hydrogen (secondary N) is 1. The van der Waals surface area contributed by atoms with Gasteiger partial charge in [0, 0.05) is 27.2 Å². The minimum Gasteiger partial charge on any atom is -0.354 e. The summed E-state index contributed by atoms with van der Waals surface area (Å²) in [6.45, 7) is 1.81. The normalized spacial score (nSPS) is 11.2. The number of hydrogen-bond acceptors (Lipinski definition) is 4. The lowest BCUT2D eigenvalue weighted by atomic mass is 10.2. The van der Waals surface area contributed by atoms with Crippen molar-refractivity contribution in [3.63, 3.8) is 0 Å². The largest absolute Gasteiger partial charge is 0.354 e. The Hall–Kier alpha value is -2.19. The minimum absolute atomic E-state index is 0.112. The highest BCUT2D eigenvalue weighted by atomic mass is 35.5. The van der Waals surface area contributed by atoms with Gasteiger partial charge >= 0.3 is 0 Å². The molecule has 0 aromatic heterocycles. The zero-order valence-corrected chi connectivity index (χ0v) is 20.4. The maximum absolute atomic E-state index is 13.3. The number of amides is 1. The highest BCUT2D eigenvalue weighted by molar-refractivity contribution is 7.99. The van der Waals surface area contributed by atoms with Gasteiger partial charge < -0.3 is 5.32 Å². The van der Waals surface area contributed by atoms with Gasteiger partial charge in [0.15, 0.2) is 0 Å². The van der Waals surface area contributed by atoms with Crippen molar-refractivity contribution in [2.75, 3.05) is 23.1 Å². The molecule has 3 aromatic rings. The molecule has 32 heavy (non-hydrogen) atoms. The summed E-state index contributed by atoms with van der Waals surface area (Å²) >= 11 is 13.5. The van der Waals surface area contributed by atoms with Crippen LogP contribution in [0.2, 0.25) is 10.0 Å². The summed E-state index contributed by atoms with van der Waals surface area (Å²) in [5.74, 6) is 0.245. The first-order chi connectivity index (χ1) is 15.3. The van der Waals surface area contributed by atoms with Gasteiger partial charge in [-0.1, -0.05) is 41.4 Å². The summed E-state index contributed by atoms with van der Waals surface area (Å²) in [4.78, 5) is 13.8. The molecule has 0 aliphatic carbocycles. The highest BCUT2D eigenvalue weighted by Crippen LogP contribution is 2.28. The summed E-state index contributed by atoms with van der Waals surface area (Å²) in [6, 6.07) is 20.4. The van der Waals surface area contributed by atoms with E-state index >= 15 is 0 Å². The quantitative estimate of drug-likeness (QED) is 0.310. The molecule has 1 N–H and O–H groups in total. The fraction of sp³-hybridized carbons (Fsp3) is 0.174. The van der Waals surface area contributed by atoms with E-state index in [1.807, 2.05) is 24.3 Å². The number of anilines is 1. The molecule has 9 heteroatoms. The summed E-state index contributed by atoms with van der Waals surface area (Å²) < 4.78 is 27.8. The Morgan fingerprint density at radius 2 is 1.62 bits per heavy atom. The van der Waals surface area contributed by atoms with Crippen LogP contribution in [0.5, 0.6) is 0 Å². The van der Waals surface area contributed by atoms with Gasteiger partial charge in [0.1, 0.15) is 6.54 Å². The molecule has 1 amide bonds. The predicted octanol–water partition coefficient (Wildman–Crippen LogP) is 5.41. The van der Waals surface area contributed by atoms with Gasteiger partial charge in [0.2, 0.25) is 5.91 Å². The van der Waals surface area contributed by atoms with E-state index in [2.05, 4.69) is 5.32 Å². The number of halogens is 2. The maximum Gasteiger partial charge on any atom is 0.264 e. The van der Waals surface area contributed by atoms with Crippen LogP contribution in [0.15, 0.2) is 82.6 Å². The molecule has 0 saturated carbocycles. The van der Waals surface area contributed by atoms with Crippen LogP contribution in [-0.4, -0.2) is 33.2 Å². The Kier molecular flexibility index (Phi) is 8.48. The fourth-order valence-corrected chi connectivity index (χ4v) is 5.62. The zero-order valence-electron chi connectivity index (χ0n) is 17.3. The van der Waals surface area contributed by atoms with E-state index in [0.29, 0.717) is 33.6 Å². The lowest BCUT2D eigenvalue weighted by Gasteiger charge is -2.25. The van der Waals surface area contributed by atoms with Crippen molar-refractivity contribution in [3.05, 3.63) is 88.4 Å². The van der Waals surface area contributed by atoms with E-state index in [0.717, 1.165) is 9.20 Å². The van der Waals surface area contributed by atoms with Crippen LogP contribution in [0.4, 0.5) is 5.69 Å². The highest BCUT2D eigenvalue weighted by Gasteiger charge is 2.28. The van der Waals surface area contributed by atoms with Crippen LogP contribution in [-0.2, 0) is 14.8 Å². The van der Waals surface area contributed by atoms with Crippen molar-refractivity contribution in [2.45, 2.75) is 16.7 Å². The Labute approximate surface area is 202 Å². The number of carbonyl (C=O) groups excluding carboxylic acids is 1. The van der Waals surface area contributed by atoms with E-state index in [1.54, 1.807) is 55.1 Å². The molecule has 0 saturated heterocycles. The average Bonchev–Trinajstić information content (AvgIpc) is 2.77. The second-order valence-corrected chi connectivity index (χ2v) is 10.8. The first-order valence-electron chi connectivity index (χ1n) is 9.76. The number of benzene rings is 3. The van der Waals surface area contributed by atoms with Gasteiger partial charge in [0.25, 0.3) is 10.0 Å². The number of thioether (sulfide) groups is 1. The van der Waals surface area contributed by atoms with E-state index in [1.165, 1.54) is 12.1 Å². The van der Waals surface area contributed by atoms with Crippen LogP contribution in [0.3, 0.4) is 0 Å². The molecule has 5 nitrogen and oxygen atoms in total. The summed E-state index contributed by atoms with van der Waals surface area (Å²) in [5.41, 5.74) is 1.06. The summed E-state index contributed by atoms with van der Waals surface area (Å²) in [6.07, 6.45) is 0. The number of carbonyl (C=O) groups is 1. The third-order valence-electron chi connectivity index (χ3n) is 4.55. The number of aryl methyl sites for hydroxylation is 1. The Morgan fingerprint density at radius 3 is 2.28 bits per heavy atom. The monoisotopic (exact) mass is 508 g/mol. The maximum atomic E-state index is 13.3. The van der Waals surface area contributed by atoms with Crippen LogP contribution in [0.25, 0.3) is 0 Å². The van der Waals surface area contributed by atoms with E-state index < -0.39 is 15.9 Å². The molecule has 3 aromatic carbocycles. The second kappa shape index (κ2) is 11.1. The predicted molar refractivity (Wildman–Crippen MR) is 132 cm³/mol. The van der Waals surface area contributed by atoms with Crippen molar-refractivity contribution in [2.24, 2.45) is 0 Å². The third kappa shape index (κ3) is 6.42. The SMILES string of the molecule is Cc1cc(Cl)ccc1N(CC(=O)NCCSc1ccc(Cl)cc1)S(=O)(=O)c1ccccc1. The third-order valence-corrected chi connectivity index (χ3v) is 7.83. The van der Waals surface area contributed by atoms with Crippen molar-refractivity contribution in [1.29, 1.82) is 0 Å². The number of rotatable bonds is 9. The molecule has 168 valence electrons. The zero-order chi connectivity index (χ0) is 23.1. The molecule has 0 spiro atoms. The fourth-order valence-electron chi connectivity index (χ4n) is 2.99. The van der Waals surface area contributed by atoms with Crippen molar-refractivity contribution >= 4 is 56.6 Å². The lowest BCUT2D eigenvalue weighted by Crippen LogP contribution is -2.41. The molecule has 0 aliphatic rings. The van der Waals surface area contributed by atoms with Crippen molar-refractivity contribution in [3.8, 4) is 0 Å². The Balaban J connectivity index is 1.72. The lowest BCUT2D eigenvalue weighted by molar-refractivity contribution is -0.119. The Bertz CT molecular complexity index is 1170. The molecule has 0 aliphatic heterocycles. The first-order valence-corrected chi connectivity index (χ1v) is 12.9. The molecule has 0 heterocycles. The Morgan fingerprint density at radius 1 is 0.969 bits per heavy atom. The van der Waals surface area contributed by atoms with Crippen molar-refractivity contribution < 1.29 is 13.2 Å². The van der Waals surface area contributed by atoms with Crippen LogP contribution in [0, 0.1) is 6.92 Å². The molecule has 0 radical (unpaired) electrons. The molecular formula is C23H22Cl2N2O3S2. The average molecular weight is 509 g/mol. The van der Waals surface area contributed by atoms with E-state index in [-0.39, 0.29) is 11.4 Å². The summed E-state index contributed by atoms with van der Waals surface area (Å²) in [7, 11) is -3.95. The van der Waals surface area contributed by atoms with E-state index in [9.17, 15) is 13.2 Å². The molecule has 0 atom stereocenters. The molecule has 0 unspecified atom stereocenters. The molecule has 0 bridgehead atoms. The van der Waals surface area contributed by atoms with Gasteiger partial charge in [-0.2, -0.15) is 0 Å². The van der Waals surface area contributed by atoms with E-state index in [4.69, 9.17) is 23.2 Å². The topological polar surface area (TPSA) is 66.5 Å². The molecule has 3 rings (SSSR count). The van der Waals surface area contributed by atoms with Crippen LogP contribution >= 0.6 is 35.0 Å². The van der Waals surface area contributed by atoms with Gasteiger partial charge in [-0.15, -0.1) is 11.8 Å². The molecule has 0 fully saturated rings. The second-order valence-electron chi connectivity index (χ2n) is 6.91. The van der Waals surface area contributed by atoms with Gasteiger partial charge in [-0.05, 0) is 67.1 Å². The van der Waals surface area contributed by atoms with Gasteiger partial charge in [-0.3, -0.25) is 9.10 Å². The van der Waals surface area contributed by atoms with Crippen LogP contribution < -0.4 is 9.62 Å². The number of nitrogens with zero attached hydrogens (tertiary/aromatic N) is 1. The van der Waals surface area contributed by atoms with Gasteiger partial charge in [-0.25, -0.2) is 8.42 Å². The van der Waals surface area contributed by atoms with Gasteiger partial charge in [0.05, 0.1) is 10.6 Å². The first kappa shape index (κ1) is 24.5. The van der Waals surface area contributed by atoms with Crippen molar-refractivity contribution in [1.82, 2.24) is 5.32 Å². The van der Waals surface area contributed by atoms with Crippen LogP contribution in [0.1, 0.15) is 5.56 Å². The smallest absolute Gasteiger partial charge is 0.264 e. The minimum atomic E-state index is -3.95. The number of sulfonamides is 1.